The number of carbonyl (C=O) groups is 1. The van der Waals surface area contributed by atoms with Gasteiger partial charge >= 0.3 is 0 Å². The van der Waals surface area contributed by atoms with Crippen molar-refractivity contribution in [1.82, 2.24) is 4.98 Å². The Morgan fingerprint density at radius 2 is 1.91 bits per heavy atom. The van der Waals surface area contributed by atoms with E-state index in [1.54, 1.807) is 24.3 Å². The highest BCUT2D eigenvalue weighted by molar-refractivity contribution is 5.98. The minimum absolute atomic E-state index is 0.110. The fourth-order valence-corrected chi connectivity index (χ4v) is 2.27. The number of anilines is 1. The maximum absolute atomic E-state index is 12.9. The van der Waals surface area contributed by atoms with E-state index >= 15 is 0 Å². The number of nitrogens with two attached hydrogens (primary N) is 1. The van der Waals surface area contributed by atoms with Gasteiger partial charge in [-0.1, -0.05) is 18.2 Å². The highest BCUT2D eigenvalue weighted by atomic mass is 19.1. The standard InChI is InChI=1S/C17H14FN3O2/c18-12-4-1-11(2-5-12)15(19)17(23)21-13-6-3-10-7-8-20-16(22)14(10)9-13/h1-9,15H,19H2,(H,20,22)(H,21,23). The van der Waals surface area contributed by atoms with Gasteiger partial charge in [0.15, 0.2) is 0 Å². The van der Waals surface area contributed by atoms with Crippen LogP contribution in [-0.2, 0) is 4.79 Å². The van der Waals surface area contributed by atoms with Crippen molar-refractivity contribution >= 4 is 22.4 Å². The van der Waals surface area contributed by atoms with Crippen molar-refractivity contribution in [2.24, 2.45) is 5.73 Å². The monoisotopic (exact) mass is 311 g/mol. The second-order valence-corrected chi connectivity index (χ2v) is 5.09. The Kier molecular flexibility index (Phi) is 3.91. The molecule has 0 spiro atoms. The molecule has 6 heteroatoms. The number of rotatable bonds is 3. The molecule has 3 rings (SSSR count). The van der Waals surface area contributed by atoms with Crippen molar-refractivity contribution in [2.45, 2.75) is 6.04 Å². The van der Waals surface area contributed by atoms with Crippen LogP contribution in [0, 0.1) is 5.82 Å². The Balaban J connectivity index is 1.82. The van der Waals surface area contributed by atoms with Gasteiger partial charge in [-0.25, -0.2) is 9.37 Å². The zero-order valence-corrected chi connectivity index (χ0v) is 12.0. The summed E-state index contributed by atoms with van der Waals surface area (Å²) in [4.78, 5) is 16.0. The lowest BCUT2D eigenvalue weighted by Crippen LogP contribution is -2.27. The van der Waals surface area contributed by atoms with Crippen LogP contribution in [0.5, 0.6) is 5.88 Å². The first-order valence-corrected chi connectivity index (χ1v) is 6.94. The van der Waals surface area contributed by atoms with E-state index in [0.717, 1.165) is 5.39 Å². The molecule has 4 N–H and O–H groups in total. The van der Waals surface area contributed by atoms with E-state index in [1.807, 2.05) is 0 Å². The lowest BCUT2D eigenvalue weighted by Gasteiger charge is -2.13. The molecule has 2 aromatic carbocycles. The van der Waals surface area contributed by atoms with Crippen molar-refractivity contribution < 1.29 is 14.3 Å². The fourth-order valence-electron chi connectivity index (χ4n) is 2.27. The molecular formula is C17H14FN3O2. The number of hydrogen-bond donors (Lipinski definition) is 3. The molecule has 116 valence electrons. The van der Waals surface area contributed by atoms with Crippen LogP contribution in [0.3, 0.4) is 0 Å². The molecule has 0 fully saturated rings. The van der Waals surface area contributed by atoms with Gasteiger partial charge in [-0.2, -0.15) is 0 Å². The number of halogens is 1. The average molecular weight is 311 g/mol. The third kappa shape index (κ3) is 3.12. The molecule has 1 aromatic heterocycles. The van der Waals surface area contributed by atoms with Crippen molar-refractivity contribution in [3.63, 3.8) is 0 Å². The number of fused-ring (bicyclic) bond motifs is 1. The Morgan fingerprint density at radius 1 is 1.17 bits per heavy atom. The number of benzene rings is 2. The molecule has 3 aromatic rings. The van der Waals surface area contributed by atoms with E-state index in [9.17, 15) is 14.3 Å². The highest BCUT2D eigenvalue weighted by Gasteiger charge is 2.16. The summed E-state index contributed by atoms with van der Waals surface area (Å²) in [6.45, 7) is 0. The van der Waals surface area contributed by atoms with Crippen LogP contribution in [0.25, 0.3) is 10.8 Å². The van der Waals surface area contributed by atoms with Gasteiger partial charge in [0, 0.05) is 17.3 Å². The SMILES string of the molecule is NC(C(=O)Nc1ccc2ccnc(O)c2c1)c1ccc(F)cc1. The minimum atomic E-state index is -0.922. The number of nitrogens with zero attached hydrogens (tertiary/aromatic N) is 1. The summed E-state index contributed by atoms with van der Waals surface area (Å²) < 4.78 is 12.9. The molecular weight excluding hydrogens is 297 g/mol. The second kappa shape index (κ2) is 6.02. The molecule has 0 aliphatic carbocycles. The molecule has 1 unspecified atom stereocenters. The topological polar surface area (TPSA) is 88.2 Å². The maximum atomic E-state index is 12.9. The summed E-state index contributed by atoms with van der Waals surface area (Å²) in [5, 5.41) is 13.8. The molecule has 5 nitrogen and oxygen atoms in total. The smallest absolute Gasteiger partial charge is 0.245 e. The van der Waals surface area contributed by atoms with Crippen molar-refractivity contribution in [3.05, 3.63) is 66.1 Å². The number of aromatic nitrogens is 1. The Morgan fingerprint density at radius 3 is 2.65 bits per heavy atom. The zero-order chi connectivity index (χ0) is 16.4. The van der Waals surface area contributed by atoms with Gasteiger partial charge in [-0.05, 0) is 41.3 Å². The normalized spacial score (nSPS) is 12.1. The van der Waals surface area contributed by atoms with E-state index in [2.05, 4.69) is 10.3 Å². The van der Waals surface area contributed by atoms with E-state index in [4.69, 9.17) is 5.73 Å². The number of nitrogens with one attached hydrogen (secondary N) is 1. The van der Waals surface area contributed by atoms with Crippen molar-refractivity contribution in [3.8, 4) is 5.88 Å². The van der Waals surface area contributed by atoms with Gasteiger partial charge in [-0.3, -0.25) is 4.79 Å². The number of carbonyl (C=O) groups excluding carboxylic acids is 1. The van der Waals surface area contributed by atoms with Crippen LogP contribution in [0.2, 0.25) is 0 Å². The summed E-state index contributed by atoms with van der Waals surface area (Å²) in [6, 6.07) is 11.4. The average Bonchev–Trinajstić information content (AvgIpc) is 2.55. The van der Waals surface area contributed by atoms with Crippen LogP contribution in [0.1, 0.15) is 11.6 Å². The summed E-state index contributed by atoms with van der Waals surface area (Å²) in [7, 11) is 0. The van der Waals surface area contributed by atoms with Gasteiger partial charge in [0.2, 0.25) is 11.8 Å². The van der Waals surface area contributed by atoms with Crippen LogP contribution >= 0.6 is 0 Å². The molecule has 23 heavy (non-hydrogen) atoms. The lowest BCUT2D eigenvalue weighted by molar-refractivity contribution is -0.117. The molecule has 0 saturated carbocycles. The maximum Gasteiger partial charge on any atom is 0.245 e. The Hall–Kier alpha value is -2.99. The van der Waals surface area contributed by atoms with Gasteiger partial charge in [-0.15, -0.1) is 0 Å². The summed E-state index contributed by atoms with van der Waals surface area (Å²) in [5.74, 6) is -0.931. The molecule has 0 saturated heterocycles. The summed E-state index contributed by atoms with van der Waals surface area (Å²) in [6.07, 6.45) is 1.50. The zero-order valence-electron chi connectivity index (χ0n) is 12.0. The first-order valence-electron chi connectivity index (χ1n) is 6.94. The van der Waals surface area contributed by atoms with Crippen LogP contribution in [-0.4, -0.2) is 16.0 Å². The first kappa shape index (κ1) is 14.9. The van der Waals surface area contributed by atoms with E-state index < -0.39 is 11.9 Å². The van der Waals surface area contributed by atoms with Crippen molar-refractivity contribution in [1.29, 1.82) is 0 Å². The van der Waals surface area contributed by atoms with Gasteiger partial charge in [0.05, 0.1) is 0 Å². The number of pyridine rings is 1. The number of hydrogen-bond acceptors (Lipinski definition) is 4. The van der Waals surface area contributed by atoms with Gasteiger partial charge in [0.25, 0.3) is 0 Å². The minimum Gasteiger partial charge on any atom is -0.493 e. The predicted octanol–water partition coefficient (Wildman–Crippen LogP) is 2.72. The molecule has 1 atom stereocenters. The van der Waals surface area contributed by atoms with Crippen LogP contribution in [0.15, 0.2) is 54.7 Å². The Labute approximate surface area is 131 Å². The van der Waals surface area contributed by atoms with Crippen LogP contribution < -0.4 is 11.1 Å². The molecule has 0 bridgehead atoms. The summed E-state index contributed by atoms with van der Waals surface area (Å²) >= 11 is 0. The fraction of sp³-hybridized carbons (Fsp3) is 0.0588. The van der Waals surface area contributed by atoms with Gasteiger partial charge < -0.3 is 16.2 Å². The van der Waals surface area contributed by atoms with E-state index in [-0.39, 0.29) is 11.7 Å². The van der Waals surface area contributed by atoms with E-state index in [0.29, 0.717) is 16.6 Å². The van der Waals surface area contributed by atoms with E-state index in [1.165, 1.54) is 30.5 Å². The quantitative estimate of drug-likeness (QED) is 0.694. The largest absolute Gasteiger partial charge is 0.493 e. The third-order valence-electron chi connectivity index (χ3n) is 3.52. The molecule has 0 radical (unpaired) electrons. The highest BCUT2D eigenvalue weighted by Crippen LogP contribution is 2.25. The lowest BCUT2D eigenvalue weighted by atomic mass is 10.1. The number of aromatic hydroxyl groups is 1. The van der Waals surface area contributed by atoms with Gasteiger partial charge in [0.1, 0.15) is 11.9 Å². The molecule has 0 aliphatic heterocycles. The predicted molar refractivity (Wildman–Crippen MR) is 85.4 cm³/mol. The number of amides is 1. The first-order chi connectivity index (χ1) is 11.0. The van der Waals surface area contributed by atoms with Crippen LogP contribution in [0.4, 0.5) is 10.1 Å². The van der Waals surface area contributed by atoms with Crippen molar-refractivity contribution in [2.75, 3.05) is 5.32 Å². The second-order valence-electron chi connectivity index (χ2n) is 5.09. The molecule has 0 aliphatic rings. The Bertz CT molecular complexity index is 865. The summed E-state index contributed by atoms with van der Waals surface area (Å²) in [5.41, 5.74) is 6.88. The molecule has 1 amide bonds. The molecule has 1 heterocycles. The third-order valence-corrected chi connectivity index (χ3v) is 3.52.